The molecule has 0 radical (unpaired) electrons. The Morgan fingerprint density at radius 2 is 1.87 bits per heavy atom. The Kier molecular flexibility index (Phi) is 4.41. The minimum absolute atomic E-state index is 0.167. The van der Waals surface area contributed by atoms with Crippen LogP contribution in [0.5, 0.6) is 0 Å². The highest BCUT2D eigenvalue weighted by Gasteiger charge is 2.21. The van der Waals surface area contributed by atoms with Gasteiger partial charge in [-0.2, -0.15) is 4.98 Å². The maximum Gasteiger partial charge on any atom is 0.277 e. The van der Waals surface area contributed by atoms with Crippen molar-refractivity contribution in [3.63, 3.8) is 0 Å². The summed E-state index contributed by atoms with van der Waals surface area (Å²) in [5.74, 6) is 2.12. The van der Waals surface area contributed by atoms with Crippen molar-refractivity contribution in [2.45, 2.75) is 37.2 Å². The van der Waals surface area contributed by atoms with Gasteiger partial charge in [-0.25, -0.2) is 0 Å². The van der Waals surface area contributed by atoms with E-state index in [0.29, 0.717) is 33.6 Å². The third-order valence-electron chi connectivity index (χ3n) is 2.93. The molecular formula is C15H15ClN4O2S. The van der Waals surface area contributed by atoms with E-state index >= 15 is 0 Å². The predicted molar refractivity (Wildman–Crippen MR) is 87.3 cm³/mol. The van der Waals surface area contributed by atoms with E-state index in [1.807, 2.05) is 32.9 Å². The molecule has 0 bridgehead atoms. The SMILES string of the molecule is CC(C)(C)c1nnc(SCc2noc(-c3ccc(Cl)cc3)n2)o1. The van der Waals surface area contributed by atoms with E-state index in [4.69, 9.17) is 20.5 Å². The molecule has 0 aliphatic carbocycles. The molecule has 0 amide bonds. The van der Waals surface area contributed by atoms with Crippen molar-refractivity contribution in [1.29, 1.82) is 0 Å². The van der Waals surface area contributed by atoms with Gasteiger partial charge in [0, 0.05) is 16.0 Å². The molecule has 1 aromatic carbocycles. The van der Waals surface area contributed by atoms with E-state index < -0.39 is 0 Å². The lowest BCUT2D eigenvalue weighted by Gasteiger charge is -2.10. The number of benzene rings is 1. The molecule has 8 heteroatoms. The average Bonchev–Trinajstić information content (AvgIpc) is 3.15. The third-order valence-corrected chi connectivity index (χ3v) is 4.00. The van der Waals surface area contributed by atoms with Crippen LogP contribution in [0.1, 0.15) is 32.5 Å². The third kappa shape index (κ3) is 3.92. The van der Waals surface area contributed by atoms with Crippen molar-refractivity contribution >= 4 is 23.4 Å². The molecule has 6 nitrogen and oxygen atoms in total. The summed E-state index contributed by atoms with van der Waals surface area (Å²) in [5.41, 5.74) is 0.658. The van der Waals surface area contributed by atoms with Crippen LogP contribution < -0.4 is 0 Å². The Morgan fingerprint density at radius 3 is 2.52 bits per heavy atom. The average molecular weight is 351 g/mol. The molecule has 3 rings (SSSR count). The molecule has 2 heterocycles. The molecule has 0 aliphatic heterocycles. The zero-order valence-electron chi connectivity index (χ0n) is 12.9. The fourth-order valence-electron chi connectivity index (χ4n) is 1.72. The number of thioether (sulfide) groups is 1. The van der Waals surface area contributed by atoms with Gasteiger partial charge in [-0.05, 0) is 24.3 Å². The molecule has 3 aromatic rings. The van der Waals surface area contributed by atoms with Crippen LogP contribution in [-0.4, -0.2) is 20.3 Å². The summed E-state index contributed by atoms with van der Waals surface area (Å²) >= 11 is 7.24. The van der Waals surface area contributed by atoms with E-state index in [-0.39, 0.29) is 5.41 Å². The van der Waals surface area contributed by atoms with Crippen LogP contribution in [0.4, 0.5) is 0 Å². The van der Waals surface area contributed by atoms with Crippen molar-refractivity contribution in [2.24, 2.45) is 0 Å². The van der Waals surface area contributed by atoms with E-state index in [9.17, 15) is 0 Å². The maximum atomic E-state index is 5.86. The van der Waals surface area contributed by atoms with Crippen LogP contribution in [-0.2, 0) is 11.2 Å². The van der Waals surface area contributed by atoms with Gasteiger partial charge in [0.1, 0.15) is 0 Å². The van der Waals surface area contributed by atoms with Gasteiger partial charge in [-0.15, -0.1) is 10.2 Å². The summed E-state index contributed by atoms with van der Waals surface area (Å²) in [5, 5.41) is 13.2. The maximum absolute atomic E-state index is 5.86. The first kappa shape index (κ1) is 16.0. The van der Waals surface area contributed by atoms with Gasteiger partial charge < -0.3 is 8.94 Å². The smallest absolute Gasteiger partial charge is 0.277 e. The Labute approximate surface area is 142 Å². The molecule has 0 fully saturated rings. The van der Waals surface area contributed by atoms with Crippen LogP contribution >= 0.6 is 23.4 Å². The van der Waals surface area contributed by atoms with Crippen LogP contribution in [0.25, 0.3) is 11.5 Å². The van der Waals surface area contributed by atoms with Gasteiger partial charge in [0.05, 0.1) is 5.75 Å². The standard InChI is InChI=1S/C15H15ClN4O2S/c1-15(2,3)13-18-19-14(21-13)23-8-11-17-12(22-20-11)9-4-6-10(16)7-5-9/h4-7H,8H2,1-3H3. The Balaban J connectivity index is 1.65. The summed E-state index contributed by atoms with van der Waals surface area (Å²) < 4.78 is 10.9. The van der Waals surface area contributed by atoms with Crippen molar-refractivity contribution in [3.05, 3.63) is 41.0 Å². The molecule has 0 spiro atoms. The van der Waals surface area contributed by atoms with Crippen molar-refractivity contribution in [2.75, 3.05) is 0 Å². The number of aromatic nitrogens is 4. The minimum Gasteiger partial charge on any atom is -0.415 e. The second kappa shape index (κ2) is 6.33. The highest BCUT2D eigenvalue weighted by Crippen LogP contribution is 2.27. The molecule has 0 N–H and O–H groups in total. The number of rotatable bonds is 4. The lowest BCUT2D eigenvalue weighted by atomic mass is 9.97. The normalized spacial score (nSPS) is 11.8. The Morgan fingerprint density at radius 1 is 1.13 bits per heavy atom. The van der Waals surface area contributed by atoms with Crippen LogP contribution in [0, 0.1) is 0 Å². The Hall–Kier alpha value is -1.86. The second-order valence-corrected chi connectivity index (χ2v) is 7.30. The molecule has 2 aromatic heterocycles. The van der Waals surface area contributed by atoms with Crippen LogP contribution in [0.3, 0.4) is 0 Å². The highest BCUT2D eigenvalue weighted by molar-refractivity contribution is 7.98. The quantitative estimate of drug-likeness (QED) is 0.646. The summed E-state index contributed by atoms with van der Waals surface area (Å²) in [7, 11) is 0. The topological polar surface area (TPSA) is 77.8 Å². The van der Waals surface area contributed by atoms with Gasteiger partial charge >= 0.3 is 0 Å². The fraction of sp³-hybridized carbons (Fsp3) is 0.333. The monoisotopic (exact) mass is 350 g/mol. The first-order valence-electron chi connectivity index (χ1n) is 6.97. The molecule has 0 atom stereocenters. The molecule has 23 heavy (non-hydrogen) atoms. The summed E-state index contributed by atoms with van der Waals surface area (Å²) in [6, 6.07) is 7.23. The largest absolute Gasteiger partial charge is 0.415 e. The van der Waals surface area contributed by atoms with Gasteiger partial charge in [-0.1, -0.05) is 49.3 Å². The van der Waals surface area contributed by atoms with Crippen molar-refractivity contribution in [3.8, 4) is 11.5 Å². The first-order valence-corrected chi connectivity index (χ1v) is 8.33. The Bertz CT molecular complexity index is 792. The summed E-state index contributed by atoms with van der Waals surface area (Å²) in [6.45, 7) is 6.06. The number of nitrogens with zero attached hydrogens (tertiary/aromatic N) is 4. The zero-order valence-corrected chi connectivity index (χ0v) is 14.5. The van der Waals surface area contributed by atoms with Gasteiger partial charge in [0.15, 0.2) is 5.82 Å². The summed E-state index contributed by atoms with van der Waals surface area (Å²) in [6.07, 6.45) is 0. The second-order valence-electron chi connectivity index (χ2n) is 5.93. The molecule has 0 aliphatic rings. The zero-order chi connectivity index (χ0) is 16.4. The molecule has 120 valence electrons. The van der Waals surface area contributed by atoms with Gasteiger partial charge in [-0.3, -0.25) is 0 Å². The van der Waals surface area contributed by atoms with E-state index in [0.717, 1.165) is 5.56 Å². The van der Waals surface area contributed by atoms with Crippen molar-refractivity contribution in [1.82, 2.24) is 20.3 Å². The van der Waals surface area contributed by atoms with E-state index in [2.05, 4.69) is 20.3 Å². The lowest BCUT2D eigenvalue weighted by molar-refractivity contribution is 0.347. The van der Waals surface area contributed by atoms with Crippen LogP contribution in [0.15, 0.2) is 38.4 Å². The van der Waals surface area contributed by atoms with Gasteiger partial charge in [0.2, 0.25) is 5.89 Å². The molecule has 0 saturated heterocycles. The highest BCUT2D eigenvalue weighted by atomic mass is 35.5. The van der Waals surface area contributed by atoms with Gasteiger partial charge in [0.25, 0.3) is 11.1 Å². The lowest BCUT2D eigenvalue weighted by Crippen LogP contribution is -2.11. The number of halogens is 1. The van der Waals surface area contributed by atoms with E-state index in [1.165, 1.54) is 11.8 Å². The number of hydrogen-bond acceptors (Lipinski definition) is 7. The summed E-state index contributed by atoms with van der Waals surface area (Å²) in [4.78, 5) is 4.35. The molecular weight excluding hydrogens is 336 g/mol. The number of hydrogen-bond donors (Lipinski definition) is 0. The molecule has 0 unspecified atom stereocenters. The van der Waals surface area contributed by atoms with E-state index in [1.54, 1.807) is 12.1 Å². The molecule has 0 saturated carbocycles. The van der Waals surface area contributed by atoms with Crippen LogP contribution in [0.2, 0.25) is 5.02 Å². The fourth-order valence-corrected chi connectivity index (χ4v) is 2.45. The first-order chi connectivity index (χ1) is 10.9. The predicted octanol–water partition coefficient (Wildman–Crippen LogP) is 4.36. The minimum atomic E-state index is -0.167. The van der Waals surface area contributed by atoms with Crippen molar-refractivity contribution < 1.29 is 8.94 Å².